The van der Waals surface area contributed by atoms with Crippen LogP contribution in [-0.4, -0.2) is 24.5 Å². The molecule has 0 aromatic heterocycles. The summed E-state index contributed by atoms with van der Waals surface area (Å²) in [5.41, 5.74) is 0.892. The highest BCUT2D eigenvalue weighted by atomic mass is 16.6. The number of benzene rings is 1. The first-order valence-corrected chi connectivity index (χ1v) is 7.95. The highest BCUT2D eigenvalue weighted by molar-refractivity contribution is 6.06. The van der Waals surface area contributed by atoms with Crippen molar-refractivity contribution in [3.63, 3.8) is 0 Å². The zero-order valence-corrected chi connectivity index (χ0v) is 14.9. The number of carbonyl (C=O) groups excluding carboxylic acids is 2. The van der Waals surface area contributed by atoms with E-state index in [1.807, 2.05) is 13.8 Å². The fraction of sp³-hybridized carbons (Fsp3) is 0.400. The molecule has 0 aliphatic heterocycles. The molecule has 0 fully saturated rings. The Morgan fingerprint density at radius 2 is 1.83 bits per heavy atom. The molecule has 24 heavy (non-hydrogen) atoms. The number of carbonyl (C=O) groups is 2. The lowest BCUT2D eigenvalue weighted by Gasteiger charge is -2.25. The highest BCUT2D eigenvalue weighted by Gasteiger charge is 2.25. The molecule has 4 heteroatoms. The zero-order chi connectivity index (χ0) is 18.2. The van der Waals surface area contributed by atoms with E-state index < -0.39 is 11.6 Å². The van der Waals surface area contributed by atoms with Crippen LogP contribution in [-0.2, 0) is 9.53 Å². The van der Waals surface area contributed by atoms with Crippen molar-refractivity contribution in [2.75, 3.05) is 7.11 Å². The number of ketones is 1. The molecule has 0 saturated heterocycles. The fourth-order valence-electron chi connectivity index (χ4n) is 2.15. The van der Waals surface area contributed by atoms with Gasteiger partial charge in [0, 0.05) is 5.56 Å². The van der Waals surface area contributed by atoms with Crippen LogP contribution in [0.15, 0.2) is 48.6 Å². The maximum Gasteiger partial charge on any atom is 0.314 e. The summed E-state index contributed by atoms with van der Waals surface area (Å²) in [6.07, 6.45) is 4.81. The predicted octanol–water partition coefficient (Wildman–Crippen LogP) is 4.50. The van der Waals surface area contributed by atoms with Gasteiger partial charge in [0.25, 0.3) is 0 Å². The molecule has 0 aliphatic carbocycles. The molecule has 1 atom stereocenters. The van der Waals surface area contributed by atoms with E-state index in [4.69, 9.17) is 9.47 Å². The van der Waals surface area contributed by atoms with Crippen LogP contribution in [0.4, 0.5) is 0 Å². The van der Waals surface area contributed by atoms with Crippen molar-refractivity contribution in [3.8, 4) is 5.75 Å². The molecular formula is C20H26O4. The molecular weight excluding hydrogens is 304 g/mol. The molecule has 0 aliphatic rings. The van der Waals surface area contributed by atoms with Crippen molar-refractivity contribution in [1.29, 1.82) is 0 Å². The minimum absolute atomic E-state index is 0.279. The Morgan fingerprint density at radius 1 is 1.21 bits per heavy atom. The Kier molecular flexibility index (Phi) is 7.43. The highest BCUT2D eigenvalue weighted by Crippen LogP contribution is 2.21. The van der Waals surface area contributed by atoms with Gasteiger partial charge in [0.15, 0.2) is 5.78 Å². The van der Waals surface area contributed by atoms with Crippen LogP contribution in [0.2, 0.25) is 0 Å². The van der Waals surface area contributed by atoms with E-state index in [9.17, 15) is 9.59 Å². The lowest BCUT2D eigenvalue weighted by molar-refractivity contribution is -0.153. The Labute approximate surface area is 144 Å². The molecule has 0 N–H and O–H groups in total. The van der Waals surface area contributed by atoms with Gasteiger partial charge < -0.3 is 9.47 Å². The minimum Gasteiger partial charge on any atom is -0.497 e. The third kappa shape index (κ3) is 6.41. The summed E-state index contributed by atoms with van der Waals surface area (Å²) in [6, 6.07) is 6.64. The monoisotopic (exact) mass is 330 g/mol. The summed E-state index contributed by atoms with van der Waals surface area (Å²) < 4.78 is 10.5. The Morgan fingerprint density at radius 3 is 2.33 bits per heavy atom. The molecule has 0 saturated carbocycles. The van der Waals surface area contributed by atoms with Gasteiger partial charge >= 0.3 is 5.97 Å². The molecule has 1 rings (SSSR count). The van der Waals surface area contributed by atoms with Crippen molar-refractivity contribution in [1.82, 2.24) is 0 Å². The van der Waals surface area contributed by atoms with Gasteiger partial charge in [0.05, 0.1) is 7.11 Å². The molecule has 0 radical (unpaired) electrons. The molecule has 0 spiro atoms. The standard InChI is InChI=1S/C20H26O4/c1-6-20(4,13-7-8-15(2)3)24-19(22)14-18(21)16-9-11-17(23-5)12-10-16/h6,8-12H,1,7,13-14H2,2-5H3. The quantitative estimate of drug-likeness (QED) is 0.289. The van der Waals surface area contributed by atoms with Crippen molar-refractivity contribution >= 4 is 11.8 Å². The Hall–Kier alpha value is -2.36. The number of ether oxygens (including phenoxy) is 2. The summed E-state index contributed by atoms with van der Waals surface area (Å²) in [5.74, 6) is -0.165. The van der Waals surface area contributed by atoms with E-state index in [0.29, 0.717) is 17.7 Å². The minimum atomic E-state index is -0.775. The number of rotatable bonds is 9. The third-order valence-electron chi connectivity index (χ3n) is 3.69. The van der Waals surface area contributed by atoms with Crippen LogP contribution in [0.1, 0.15) is 50.4 Å². The summed E-state index contributed by atoms with van der Waals surface area (Å²) >= 11 is 0. The van der Waals surface area contributed by atoms with E-state index in [1.54, 1.807) is 44.4 Å². The van der Waals surface area contributed by atoms with Crippen molar-refractivity contribution in [2.45, 2.75) is 45.6 Å². The largest absolute Gasteiger partial charge is 0.497 e. The molecule has 1 unspecified atom stereocenters. The fourth-order valence-corrected chi connectivity index (χ4v) is 2.15. The molecule has 130 valence electrons. The van der Waals surface area contributed by atoms with E-state index in [1.165, 1.54) is 5.57 Å². The van der Waals surface area contributed by atoms with E-state index in [-0.39, 0.29) is 12.2 Å². The van der Waals surface area contributed by atoms with Gasteiger partial charge in [-0.15, -0.1) is 0 Å². The molecule has 4 nitrogen and oxygen atoms in total. The number of esters is 1. The first-order valence-electron chi connectivity index (χ1n) is 7.95. The van der Waals surface area contributed by atoms with Gasteiger partial charge in [-0.05, 0) is 64.0 Å². The Balaban J connectivity index is 2.63. The first kappa shape index (κ1) is 19.7. The normalized spacial score (nSPS) is 12.7. The first-order chi connectivity index (χ1) is 11.3. The molecule has 0 heterocycles. The second kappa shape index (κ2) is 9.06. The number of allylic oxidation sites excluding steroid dienone is 2. The van der Waals surface area contributed by atoms with Crippen LogP contribution >= 0.6 is 0 Å². The van der Waals surface area contributed by atoms with Crippen LogP contribution < -0.4 is 4.74 Å². The van der Waals surface area contributed by atoms with Gasteiger partial charge in [0.1, 0.15) is 17.8 Å². The van der Waals surface area contributed by atoms with Crippen LogP contribution in [0.3, 0.4) is 0 Å². The van der Waals surface area contributed by atoms with Crippen molar-refractivity contribution in [3.05, 3.63) is 54.1 Å². The van der Waals surface area contributed by atoms with E-state index in [0.717, 1.165) is 6.42 Å². The maximum atomic E-state index is 12.2. The van der Waals surface area contributed by atoms with Gasteiger partial charge in [-0.2, -0.15) is 0 Å². The Bertz CT molecular complexity index is 609. The lowest BCUT2D eigenvalue weighted by Crippen LogP contribution is -2.30. The summed E-state index contributed by atoms with van der Waals surface area (Å²) in [6.45, 7) is 9.58. The number of hydrogen-bond donors (Lipinski definition) is 0. The number of Topliss-reactive ketones (excluding diaryl/α,β-unsaturated/α-hetero) is 1. The summed E-state index contributed by atoms with van der Waals surface area (Å²) in [4.78, 5) is 24.2. The van der Waals surface area contributed by atoms with Crippen LogP contribution in [0.25, 0.3) is 0 Å². The molecule has 0 amide bonds. The summed E-state index contributed by atoms with van der Waals surface area (Å²) in [5, 5.41) is 0. The van der Waals surface area contributed by atoms with Crippen molar-refractivity contribution in [2.24, 2.45) is 0 Å². The topological polar surface area (TPSA) is 52.6 Å². The summed E-state index contributed by atoms with van der Waals surface area (Å²) in [7, 11) is 1.56. The molecule has 1 aromatic carbocycles. The zero-order valence-electron chi connectivity index (χ0n) is 14.9. The third-order valence-corrected chi connectivity index (χ3v) is 3.69. The number of hydrogen-bond acceptors (Lipinski definition) is 4. The second-order valence-electron chi connectivity index (χ2n) is 6.14. The van der Waals surface area contributed by atoms with Gasteiger partial charge in [0.2, 0.25) is 0 Å². The van der Waals surface area contributed by atoms with Crippen LogP contribution in [0, 0.1) is 0 Å². The van der Waals surface area contributed by atoms with E-state index in [2.05, 4.69) is 12.7 Å². The average Bonchev–Trinajstić information content (AvgIpc) is 2.54. The van der Waals surface area contributed by atoms with Crippen LogP contribution in [0.5, 0.6) is 5.75 Å². The van der Waals surface area contributed by atoms with Gasteiger partial charge in [-0.1, -0.05) is 18.2 Å². The second-order valence-corrected chi connectivity index (χ2v) is 6.14. The number of methoxy groups -OCH3 is 1. The molecule has 0 bridgehead atoms. The average molecular weight is 330 g/mol. The van der Waals surface area contributed by atoms with Crippen molar-refractivity contribution < 1.29 is 19.1 Å². The molecule has 1 aromatic rings. The van der Waals surface area contributed by atoms with E-state index >= 15 is 0 Å². The van der Waals surface area contributed by atoms with Gasteiger partial charge in [-0.25, -0.2) is 0 Å². The maximum absolute atomic E-state index is 12.2. The lowest BCUT2D eigenvalue weighted by atomic mass is 9.99. The SMILES string of the molecule is C=CC(C)(CCC=C(C)C)OC(=O)CC(=O)c1ccc(OC)cc1. The smallest absolute Gasteiger partial charge is 0.314 e. The van der Waals surface area contributed by atoms with Gasteiger partial charge in [-0.3, -0.25) is 9.59 Å². The predicted molar refractivity (Wildman–Crippen MR) is 95.3 cm³/mol.